The topological polar surface area (TPSA) is 195 Å². The lowest BCUT2D eigenvalue weighted by molar-refractivity contribution is -0.166. The highest BCUT2D eigenvalue weighted by atomic mass is 28.4. The van der Waals surface area contributed by atoms with Crippen LogP contribution in [0, 0.1) is 5.92 Å². The number of aromatic nitrogens is 2. The number of esters is 1. The highest BCUT2D eigenvalue weighted by Gasteiger charge is 2.57. The van der Waals surface area contributed by atoms with Gasteiger partial charge in [0.1, 0.15) is 41.8 Å². The van der Waals surface area contributed by atoms with Crippen LogP contribution in [0.3, 0.4) is 0 Å². The summed E-state index contributed by atoms with van der Waals surface area (Å²) in [6.45, 7) is 30.6. The second kappa shape index (κ2) is 20.6. The summed E-state index contributed by atoms with van der Waals surface area (Å²) in [4.78, 5) is 54.6. The smallest absolute Gasteiger partial charge is 0.333 e. The molecule has 61 heavy (non-hydrogen) atoms. The van der Waals surface area contributed by atoms with Gasteiger partial charge in [0.2, 0.25) is 5.91 Å². The molecule has 1 aliphatic heterocycles. The number of hydrogen-bond acceptors (Lipinski definition) is 12. The lowest BCUT2D eigenvalue weighted by Gasteiger charge is -2.44. The van der Waals surface area contributed by atoms with E-state index in [2.05, 4.69) is 78.4 Å². The van der Waals surface area contributed by atoms with Crippen molar-refractivity contribution in [3.8, 4) is 5.75 Å². The number of aliphatic hydroxyl groups is 1. The number of ether oxygens (including phenoxy) is 3. The van der Waals surface area contributed by atoms with Gasteiger partial charge in [-0.2, -0.15) is 0 Å². The van der Waals surface area contributed by atoms with Crippen LogP contribution in [0.1, 0.15) is 101 Å². The maximum absolute atomic E-state index is 14.5. The first-order valence-corrected chi connectivity index (χ1v) is 27.4. The molecule has 17 heteroatoms. The molecule has 15 nitrogen and oxygen atoms in total. The van der Waals surface area contributed by atoms with Gasteiger partial charge in [-0.05, 0) is 100 Å². The Labute approximate surface area is 365 Å². The zero-order valence-electron chi connectivity index (χ0n) is 39.7. The average Bonchev–Trinajstić information content (AvgIpc) is 3.45. The van der Waals surface area contributed by atoms with Crippen molar-refractivity contribution in [2.75, 3.05) is 20.2 Å². The van der Waals surface area contributed by atoms with E-state index in [4.69, 9.17) is 28.8 Å². The Balaban J connectivity index is 2.18. The first kappa shape index (κ1) is 52.2. The van der Waals surface area contributed by atoms with E-state index in [1.54, 1.807) is 52.1 Å². The summed E-state index contributed by atoms with van der Waals surface area (Å²) in [5.41, 5.74) is 4.73. The van der Waals surface area contributed by atoms with E-state index >= 15 is 0 Å². The zero-order chi connectivity index (χ0) is 46.5. The predicted molar refractivity (Wildman–Crippen MR) is 244 cm³/mol. The van der Waals surface area contributed by atoms with Crippen LogP contribution in [-0.2, 0) is 34.5 Å². The van der Waals surface area contributed by atoms with Gasteiger partial charge < -0.3 is 44.5 Å². The maximum atomic E-state index is 14.5. The van der Waals surface area contributed by atoms with E-state index in [1.807, 2.05) is 13.8 Å². The molecule has 0 aliphatic carbocycles. The third-order valence-corrected chi connectivity index (χ3v) is 20.9. The highest BCUT2D eigenvalue weighted by molar-refractivity contribution is 6.74. The molecule has 0 spiro atoms. The first-order chi connectivity index (χ1) is 27.9. The van der Waals surface area contributed by atoms with Crippen molar-refractivity contribution in [3.63, 3.8) is 0 Å². The second-order valence-electron chi connectivity index (χ2n) is 20.8. The van der Waals surface area contributed by atoms with Crippen molar-refractivity contribution >= 4 is 28.5 Å². The molecule has 1 amide bonds. The molecule has 1 aromatic carbocycles. The molecule has 1 aromatic heterocycles. The lowest BCUT2D eigenvalue weighted by Crippen LogP contribution is -2.59. The number of amides is 1. The number of aliphatic hydroxyl groups excluding tert-OH is 1. The van der Waals surface area contributed by atoms with E-state index in [0.29, 0.717) is 24.2 Å². The molecule has 1 fully saturated rings. The number of methoxy groups -OCH3 is 1. The van der Waals surface area contributed by atoms with Crippen molar-refractivity contribution in [1.29, 1.82) is 0 Å². The maximum Gasteiger partial charge on any atom is 0.333 e. The second-order valence-corrected chi connectivity index (χ2v) is 30.3. The molecule has 5 N–H and O–H groups in total. The molecular weight excluding hydrogens is 815 g/mol. The van der Waals surface area contributed by atoms with E-state index < -0.39 is 82.2 Å². The standard InChI is InChI=1S/C44H77N5O10Si2/c1-28(2)26-31(45)38(52)47-24-17-23-46-33(40(53)57-42(3,4)5)34(51)35-36(58-60(13,14)43(6,7)8)37(59-61(15,16)44(9,10)11)39(56-35)48-25-22-32(50)49(41(48)54)27-29-18-20-30(55-12)21-19-29/h18-22,25,28,31,33-37,39,46,51H,17,23-24,26-27,45H2,1-16H3,(H,47,52)/t31-,33+,34-,35?,36-,37-,39-/m1/s1. The molecule has 346 valence electrons. The first-order valence-electron chi connectivity index (χ1n) is 21.5. The van der Waals surface area contributed by atoms with E-state index in [-0.39, 0.29) is 41.5 Å². The SMILES string of the molecule is COc1ccc(Cn2c(=O)ccn([C@@H]3OC([C@H](O)[C@H](NCCCNC(=O)[C@H](N)CC(C)C)C(=O)OC(C)(C)C)[C@@H](O[Si](C)(C)C(C)(C)C)[C@H]3O[Si](C)(C)C(C)(C)C)c2=O)cc1. The van der Waals surface area contributed by atoms with Crippen LogP contribution in [0.4, 0.5) is 0 Å². The Kier molecular flexibility index (Phi) is 17.6. The van der Waals surface area contributed by atoms with Gasteiger partial charge in [-0.15, -0.1) is 0 Å². The largest absolute Gasteiger partial charge is 0.497 e. The summed E-state index contributed by atoms with van der Waals surface area (Å²) < 4.78 is 34.9. The fourth-order valence-electron chi connectivity index (χ4n) is 6.44. The molecule has 0 saturated carbocycles. The quantitative estimate of drug-likeness (QED) is 0.0811. The van der Waals surface area contributed by atoms with Crippen LogP contribution < -0.4 is 32.4 Å². The Morgan fingerprint density at radius 3 is 1.95 bits per heavy atom. The van der Waals surface area contributed by atoms with Gasteiger partial charge in [0.25, 0.3) is 5.56 Å². The van der Waals surface area contributed by atoms with Crippen LogP contribution >= 0.6 is 0 Å². The number of hydrogen-bond donors (Lipinski definition) is 4. The molecule has 1 saturated heterocycles. The fourth-order valence-corrected chi connectivity index (χ4v) is 9.03. The van der Waals surface area contributed by atoms with Gasteiger partial charge in [-0.1, -0.05) is 67.5 Å². The van der Waals surface area contributed by atoms with Crippen molar-refractivity contribution in [1.82, 2.24) is 19.8 Å². The lowest BCUT2D eigenvalue weighted by atomic mass is 9.99. The molecule has 0 radical (unpaired) electrons. The van der Waals surface area contributed by atoms with Gasteiger partial charge >= 0.3 is 11.7 Å². The summed E-state index contributed by atoms with van der Waals surface area (Å²) in [5, 5.41) is 18.0. The number of carbonyl (C=O) groups excluding carboxylic acids is 2. The molecule has 1 unspecified atom stereocenters. The number of benzene rings is 1. The average molecular weight is 892 g/mol. The van der Waals surface area contributed by atoms with Gasteiger partial charge in [-0.25, -0.2) is 4.79 Å². The van der Waals surface area contributed by atoms with Crippen LogP contribution in [0.2, 0.25) is 36.3 Å². The third-order valence-electron chi connectivity index (χ3n) is 12.0. The van der Waals surface area contributed by atoms with E-state index in [9.17, 15) is 24.3 Å². The predicted octanol–water partition coefficient (Wildman–Crippen LogP) is 5.29. The highest BCUT2D eigenvalue weighted by Crippen LogP contribution is 2.46. The number of nitrogens with zero attached hydrogens (tertiary/aromatic N) is 2. The van der Waals surface area contributed by atoms with Gasteiger partial charge in [-0.3, -0.25) is 23.5 Å². The van der Waals surface area contributed by atoms with Crippen LogP contribution in [0.15, 0.2) is 46.1 Å². The monoisotopic (exact) mass is 892 g/mol. The minimum Gasteiger partial charge on any atom is -0.497 e. The summed E-state index contributed by atoms with van der Waals surface area (Å²) in [7, 11) is -3.84. The normalized spacial score (nSPS) is 20.6. The molecule has 7 atom stereocenters. The van der Waals surface area contributed by atoms with Crippen molar-refractivity contribution in [3.05, 3.63) is 62.9 Å². The molecule has 0 bridgehead atoms. The number of nitrogens with one attached hydrogen (secondary N) is 2. The van der Waals surface area contributed by atoms with Crippen LogP contribution in [0.5, 0.6) is 5.75 Å². The summed E-state index contributed by atoms with van der Waals surface area (Å²) in [6.07, 6.45) is -3.55. The minimum absolute atomic E-state index is 0.0202. The van der Waals surface area contributed by atoms with Gasteiger partial charge in [0.15, 0.2) is 22.9 Å². The minimum atomic E-state index is -2.71. The molecule has 3 rings (SSSR count). The van der Waals surface area contributed by atoms with Crippen molar-refractivity contribution < 1.29 is 37.8 Å². The summed E-state index contributed by atoms with van der Waals surface area (Å²) >= 11 is 0. The Bertz CT molecular complexity index is 1880. The van der Waals surface area contributed by atoms with Crippen LogP contribution in [-0.4, -0.2) is 105 Å². The Morgan fingerprint density at radius 2 is 1.44 bits per heavy atom. The number of rotatable bonds is 19. The van der Waals surface area contributed by atoms with Crippen molar-refractivity contribution in [2.45, 2.75) is 180 Å². The van der Waals surface area contributed by atoms with E-state index in [1.165, 1.54) is 16.8 Å². The number of carbonyl (C=O) groups is 2. The van der Waals surface area contributed by atoms with Gasteiger partial charge in [0, 0.05) is 18.8 Å². The number of nitrogens with two attached hydrogens (primary N) is 1. The zero-order valence-corrected chi connectivity index (χ0v) is 41.7. The van der Waals surface area contributed by atoms with Crippen molar-refractivity contribution in [2.24, 2.45) is 11.7 Å². The summed E-state index contributed by atoms with van der Waals surface area (Å²) in [6, 6.07) is 6.44. The van der Waals surface area contributed by atoms with Gasteiger partial charge in [0.05, 0.1) is 19.7 Å². The van der Waals surface area contributed by atoms with Crippen LogP contribution in [0.25, 0.3) is 0 Å². The summed E-state index contributed by atoms with van der Waals surface area (Å²) in [5.74, 6) is -0.0752. The Hall–Kier alpha value is -3.17. The fraction of sp³-hybridized carbons (Fsp3) is 0.727. The third kappa shape index (κ3) is 13.9. The molecule has 2 heterocycles. The van der Waals surface area contributed by atoms with E-state index in [0.717, 1.165) is 4.57 Å². The molecular formula is C44H77N5O10Si2. The Morgan fingerprint density at radius 1 is 0.885 bits per heavy atom. The molecule has 2 aromatic rings. The molecule has 1 aliphatic rings.